The monoisotopic (exact) mass is 325 g/mol. The lowest BCUT2D eigenvalue weighted by Gasteiger charge is -2.46. The van der Waals surface area contributed by atoms with Gasteiger partial charge in [0.25, 0.3) is 0 Å². The summed E-state index contributed by atoms with van der Waals surface area (Å²) in [5, 5.41) is 0. The Morgan fingerprint density at radius 2 is 1.96 bits per heavy atom. The Labute approximate surface area is 144 Å². The molecule has 1 aliphatic rings. The second-order valence-corrected chi connectivity index (χ2v) is 7.43. The fourth-order valence-electron chi connectivity index (χ4n) is 3.63. The molecular formula is C20H27N3O. The predicted molar refractivity (Wildman–Crippen MR) is 99.1 cm³/mol. The van der Waals surface area contributed by atoms with E-state index < -0.39 is 0 Å². The van der Waals surface area contributed by atoms with Crippen molar-refractivity contribution < 1.29 is 4.74 Å². The number of nitrogens with two attached hydrogens (primary N) is 1. The molecule has 0 aliphatic carbocycles. The molecule has 24 heavy (non-hydrogen) atoms. The number of methoxy groups -OCH3 is 1. The van der Waals surface area contributed by atoms with Gasteiger partial charge >= 0.3 is 0 Å². The summed E-state index contributed by atoms with van der Waals surface area (Å²) >= 11 is 0. The first kappa shape index (κ1) is 16.8. The Kier molecular flexibility index (Phi) is 4.50. The van der Waals surface area contributed by atoms with Crippen molar-refractivity contribution in [2.75, 3.05) is 25.9 Å². The molecule has 4 nitrogen and oxygen atoms in total. The zero-order valence-corrected chi connectivity index (χ0v) is 15.1. The number of aryl methyl sites for hydroxylation is 1. The summed E-state index contributed by atoms with van der Waals surface area (Å²) in [7, 11) is 1.72. The Morgan fingerprint density at radius 1 is 1.21 bits per heavy atom. The highest BCUT2D eigenvalue weighted by Crippen LogP contribution is 2.35. The molecule has 2 N–H and O–H groups in total. The van der Waals surface area contributed by atoms with Gasteiger partial charge in [-0.25, -0.2) is 4.98 Å². The molecule has 2 aromatic rings. The summed E-state index contributed by atoms with van der Waals surface area (Å²) in [5.41, 5.74) is 10.9. The van der Waals surface area contributed by atoms with Gasteiger partial charge in [0, 0.05) is 25.2 Å². The van der Waals surface area contributed by atoms with E-state index in [1.165, 1.54) is 11.1 Å². The number of likely N-dealkylation sites (tertiary alicyclic amines) is 1. The molecule has 1 saturated heterocycles. The summed E-state index contributed by atoms with van der Waals surface area (Å²) in [6.07, 6.45) is 0.992. The second-order valence-electron chi connectivity index (χ2n) is 7.43. The summed E-state index contributed by atoms with van der Waals surface area (Å²) in [5.74, 6) is 1.39. The molecule has 0 radical (unpaired) electrons. The Hall–Kier alpha value is -2.07. The lowest BCUT2D eigenvalue weighted by Crippen LogP contribution is -2.52. The van der Waals surface area contributed by atoms with Crippen LogP contribution in [0.15, 0.2) is 30.3 Å². The lowest BCUT2D eigenvalue weighted by molar-refractivity contribution is 0.0240. The molecule has 3 rings (SSSR count). The average Bonchev–Trinajstić information content (AvgIpc) is 2.52. The minimum atomic E-state index is 0.446. The van der Waals surface area contributed by atoms with Gasteiger partial charge in [-0.15, -0.1) is 0 Å². The quantitative estimate of drug-likeness (QED) is 0.910. The van der Waals surface area contributed by atoms with E-state index in [2.05, 4.69) is 42.8 Å². The molecule has 1 aliphatic heterocycles. The van der Waals surface area contributed by atoms with E-state index in [-0.39, 0.29) is 0 Å². The van der Waals surface area contributed by atoms with Crippen LogP contribution in [0.1, 0.15) is 31.9 Å². The molecule has 0 unspecified atom stereocenters. The van der Waals surface area contributed by atoms with Gasteiger partial charge in [0.15, 0.2) is 0 Å². The van der Waals surface area contributed by atoms with Gasteiger partial charge in [0.05, 0.1) is 12.8 Å². The zero-order chi connectivity index (χ0) is 17.3. The van der Waals surface area contributed by atoms with Gasteiger partial charge in [-0.3, -0.25) is 4.90 Å². The number of aromatic nitrogens is 1. The normalized spacial score (nSPS) is 16.7. The van der Waals surface area contributed by atoms with Gasteiger partial charge in [-0.2, -0.15) is 0 Å². The van der Waals surface area contributed by atoms with E-state index in [0.717, 1.165) is 43.1 Å². The molecule has 0 spiro atoms. The van der Waals surface area contributed by atoms with E-state index >= 15 is 0 Å². The van der Waals surface area contributed by atoms with Crippen molar-refractivity contribution in [2.45, 2.75) is 33.7 Å². The van der Waals surface area contributed by atoms with E-state index in [1.54, 1.807) is 13.2 Å². The number of rotatable bonds is 5. The van der Waals surface area contributed by atoms with Crippen LogP contribution in [0.2, 0.25) is 0 Å². The molecule has 0 amide bonds. The molecule has 0 atom stereocenters. The molecule has 4 heteroatoms. The lowest BCUT2D eigenvalue weighted by atomic mass is 9.84. The third-order valence-electron chi connectivity index (χ3n) is 4.65. The summed E-state index contributed by atoms with van der Waals surface area (Å²) < 4.78 is 5.65. The minimum absolute atomic E-state index is 0.446. The topological polar surface area (TPSA) is 51.4 Å². The highest BCUT2D eigenvalue weighted by Gasteiger charge is 2.34. The molecule has 1 fully saturated rings. The van der Waals surface area contributed by atoms with Crippen LogP contribution in [-0.4, -0.2) is 30.1 Å². The minimum Gasteiger partial charge on any atom is -0.496 e. The van der Waals surface area contributed by atoms with Crippen molar-refractivity contribution in [2.24, 2.45) is 5.41 Å². The van der Waals surface area contributed by atoms with Crippen LogP contribution in [0.3, 0.4) is 0 Å². The number of benzene rings is 1. The standard InChI is InChI=1S/C20H27N3O/c1-5-14-9-16(17-7-6-8-19(21)22-17)18(24-4)10-15(14)11-23-12-20(2,3)13-23/h6-10H,5,11-13H2,1-4H3,(H2,21,22). The maximum atomic E-state index is 5.85. The molecule has 0 bridgehead atoms. The molecule has 1 aromatic carbocycles. The largest absolute Gasteiger partial charge is 0.496 e. The summed E-state index contributed by atoms with van der Waals surface area (Å²) in [4.78, 5) is 6.94. The maximum absolute atomic E-state index is 5.85. The van der Waals surface area contributed by atoms with Crippen LogP contribution >= 0.6 is 0 Å². The number of pyridine rings is 1. The number of hydrogen-bond acceptors (Lipinski definition) is 4. The third kappa shape index (κ3) is 3.39. The van der Waals surface area contributed by atoms with Crippen molar-refractivity contribution in [3.63, 3.8) is 0 Å². The van der Waals surface area contributed by atoms with Crippen LogP contribution in [0.25, 0.3) is 11.3 Å². The summed E-state index contributed by atoms with van der Waals surface area (Å²) in [6, 6.07) is 10.1. The van der Waals surface area contributed by atoms with Crippen molar-refractivity contribution >= 4 is 5.82 Å². The molecule has 0 saturated carbocycles. The van der Waals surface area contributed by atoms with Crippen LogP contribution in [0.4, 0.5) is 5.82 Å². The first-order chi connectivity index (χ1) is 11.4. The number of nitrogens with zero attached hydrogens (tertiary/aromatic N) is 2. The van der Waals surface area contributed by atoms with Crippen molar-refractivity contribution in [1.82, 2.24) is 9.88 Å². The Morgan fingerprint density at radius 3 is 2.54 bits per heavy atom. The molecule has 128 valence electrons. The fourth-order valence-corrected chi connectivity index (χ4v) is 3.63. The molecule has 2 heterocycles. The van der Waals surface area contributed by atoms with E-state index in [4.69, 9.17) is 10.5 Å². The zero-order valence-electron chi connectivity index (χ0n) is 15.1. The Balaban J connectivity index is 1.94. The van der Waals surface area contributed by atoms with Crippen LogP contribution in [0, 0.1) is 5.41 Å². The van der Waals surface area contributed by atoms with Crippen molar-refractivity contribution in [1.29, 1.82) is 0 Å². The van der Waals surface area contributed by atoms with Gasteiger partial charge in [0.1, 0.15) is 11.6 Å². The average molecular weight is 325 g/mol. The smallest absolute Gasteiger partial charge is 0.128 e. The number of nitrogen functional groups attached to an aromatic ring is 1. The second kappa shape index (κ2) is 6.44. The SMILES string of the molecule is CCc1cc(-c2cccc(N)n2)c(OC)cc1CN1CC(C)(C)C1. The number of hydrogen-bond donors (Lipinski definition) is 1. The van der Waals surface area contributed by atoms with Crippen LogP contribution < -0.4 is 10.5 Å². The van der Waals surface area contributed by atoms with Crippen LogP contribution in [-0.2, 0) is 13.0 Å². The fraction of sp³-hybridized carbons (Fsp3) is 0.450. The van der Waals surface area contributed by atoms with Crippen molar-refractivity contribution in [3.05, 3.63) is 41.5 Å². The number of anilines is 1. The van der Waals surface area contributed by atoms with Gasteiger partial charge in [0.2, 0.25) is 0 Å². The highest BCUT2D eigenvalue weighted by molar-refractivity contribution is 5.70. The van der Waals surface area contributed by atoms with Crippen LogP contribution in [0.5, 0.6) is 5.75 Å². The van der Waals surface area contributed by atoms with E-state index in [9.17, 15) is 0 Å². The van der Waals surface area contributed by atoms with Crippen molar-refractivity contribution in [3.8, 4) is 17.0 Å². The summed E-state index contributed by atoms with van der Waals surface area (Å²) in [6.45, 7) is 10.1. The Bertz CT molecular complexity index is 732. The molecule has 1 aromatic heterocycles. The highest BCUT2D eigenvalue weighted by atomic mass is 16.5. The van der Waals surface area contributed by atoms with E-state index in [0.29, 0.717) is 11.2 Å². The van der Waals surface area contributed by atoms with Gasteiger partial charge in [-0.1, -0.05) is 26.8 Å². The molecular weight excluding hydrogens is 298 g/mol. The predicted octanol–water partition coefficient (Wildman–Crippen LogP) is 3.74. The first-order valence-electron chi connectivity index (χ1n) is 8.57. The van der Waals surface area contributed by atoms with Gasteiger partial charge in [-0.05, 0) is 47.2 Å². The number of ether oxygens (including phenoxy) is 1. The first-order valence-corrected chi connectivity index (χ1v) is 8.57. The van der Waals surface area contributed by atoms with Gasteiger partial charge < -0.3 is 10.5 Å². The maximum Gasteiger partial charge on any atom is 0.128 e. The third-order valence-corrected chi connectivity index (χ3v) is 4.65. The van der Waals surface area contributed by atoms with E-state index in [1.807, 2.05) is 12.1 Å².